The van der Waals surface area contributed by atoms with Crippen molar-refractivity contribution in [3.8, 4) is 5.75 Å². The van der Waals surface area contributed by atoms with Crippen LogP contribution in [0.1, 0.15) is 12.0 Å². The first-order chi connectivity index (χ1) is 7.38. The van der Waals surface area contributed by atoms with Gasteiger partial charge in [-0.1, -0.05) is 23.8 Å². The molecule has 16 heavy (non-hydrogen) atoms. The number of halogens is 1. The summed E-state index contributed by atoms with van der Waals surface area (Å²) in [5.74, 6) is 0.950. The zero-order valence-electron chi connectivity index (χ0n) is 9.53. The van der Waals surface area contributed by atoms with Crippen molar-refractivity contribution in [1.82, 2.24) is 5.32 Å². The molecule has 1 aliphatic rings. The molecule has 1 aromatic rings. The number of hydrogen-bond donors (Lipinski definition) is 1. The number of nitrogens with one attached hydrogen (secondary N) is 1. The lowest BCUT2D eigenvalue weighted by molar-refractivity contribution is 0.414. The predicted octanol–water partition coefficient (Wildman–Crippen LogP) is 2.58. The Bertz CT molecular complexity index is 363. The van der Waals surface area contributed by atoms with Crippen molar-refractivity contribution in [2.75, 3.05) is 20.2 Å². The van der Waals surface area contributed by atoms with Crippen LogP contribution < -0.4 is 10.1 Å². The molecule has 88 valence electrons. The van der Waals surface area contributed by atoms with Crippen molar-refractivity contribution >= 4 is 12.4 Å². The van der Waals surface area contributed by atoms with Crippen molar-refractivity contribution in [3.63, 3.8) is 0 Å². The van der Waals surface area contributed by atoms with Crippen molar-refractivity contribution in [3.05, 3.63) is 41.5 Å². The molecular weight excluding hydrogens is 222 g/mol. The van der Waals surface area contributed by atoms with Gasteiger partial charge in [0.15, 0.2) is 0 Å². The summed E-state index contributed by atoms with van der Waals surface area (Å²) in [7, 11) is 1.71. The molecule has 0 fully saturated rings. The van der Waals surface area contributed by atoms with Crippen LogP contribution in [0.4, 0.5) is 0 Å². The fourth-order valence-electron chi connectivity index (χ4n) is 1.84. The molecule has 1 aliphatic heterocycles. The van der Waals surface area contributed by atoms with E-state index in [0.717, 1.165) is 31.7 Å². The van der Waals surface area contributed by atoms with E-state index in [9.17, 15) is 0 Å². The van der Waals surface area contributed by atoms with E-state index < -0.39 is 0 Å². The second kappa shape index (κ2) is 6.56. The highest BCUT2D eigenvalue weighted by atomic mass is 35.5. The lowest BCUT2D eigenvalue weighted by atomic mass is 10.1. The van der Waals surface area contributed by atoms with Crippen LogP contribution >= 0.6 is 12.4 Å². The van der Waals surface area contributed by atoms with Crippen LogP contribution in [0.3, 0.4) is 0 Å². The van der Waals surface area contributed by atoms with E-state index in [1.54, 1.807) is 7.11 Å². The van der Waals surface area contributed by atoms with E-state index in [4.69, 9.17) is 4.74 Å². The standard InChI is InChI=1S/C13H17NO.ClH/c1-15-13-4-2-3-11(9-13)5-6-12-7-8-14-10-12;/h2-4,7,9,14H,5-6,8,10H2,1H3;1H. The molecule has 1 heterocycles. The van der Waals surface area contributed by atoms with Gasteiger partial charge >= 0.3 is 0 Å². The molecule has 2 rings (SSSR count). The first-order valence-corrected chi connectivity index (χ1v) is 5.40. The van der Waals surface area contributed by atoms with Crippen molar-refractivity contribution in [1.29, 1.82) is 0 Å². The minimum atomic E-state index is 0. The Hall–Kier alpha value is -0.990. The van der Waals surface area contributed by atoms with Gasteiger partial charge in [0.2, 0.25) is 0 Å². The van der Waals surface area contributed by atoms with Crippen LogP contribution in [0.15, 0.2) is 35.9 Å². The maximum Gasteiger partial charge on any atom is 0.119 e. The second-order valence-electron chi connectivity index (χ2n) is 3.84. The molecule has 1 N–H and O–H groups in total. The predicted molar refractivity (Wildman–Crippen MR) is 69.5 cm³/mol. The molecule has 0 spiro atoms. The van der Waals surface area contributed by atoms with Gasteiger partial charge in [-0.3, -0.25) is 0 Å². The second-order valence-corrected chi connectivity index (χ2v) is 3.84. The van der Waals surface area contributed by atoms with E-state index in [2.05, 4.69) is 29.6 Å². The Morgan fingerprint density at radius 3 is 2.88 bits per heavy atom. The molecule has 0 amide bonds. The minimum absolute atomic E-state index is 0. The maximum absolute atomic E-state index is 5.20. The highest BCUT2D eigenvalue weighted by molar-refractivity contribution is 5.85. The molecule has 0 radical (unpaired) electrons. The number of rotatable bonds is 4. The van der Waals surface area contributed by atoms with Crippen LogP contribution in [0.2, 0.25) is 0 Å². The average Bonchev–Trinajstić information content (AvgIpc) is 2.79. The van der Waals surface area contributed by atoms with Gasteiger partial charge in [-0.25, -0.2) is 0 Å². The van der Waals surface area contributed by atoms with Gasteiger partial charge in [-0.2, -0.15) is 0 Å². The number of hydrogen-bond acceptors (Lipinski definition) is 2. The van der Waals surface area contributed by atoms with Gasteiger partial charge in [0.05, 0.1) is 7.11 Å². The SMILES string of the molecule is COc1cccc(CCC2=CCNC2)c1.Cl. The van der Waals surface area contributed by atoms with Gasteiger partial charge in [0.1, 0.15) is 5.75 Å². The van der Waals surface area contributed by atoms with Gasteiger partial charge in [-0.15, -0.1) is 12.4 Å². The maximum atomic E-state index is 5.20. The molecule has 3 heteroatoms. The fraction of sp³-hybridized carbons (Fsp3) is 0.385. The van der Waals surface area contributed by atoms with E-state index in [1.165, 1.54) is 11.1 Å². The lowest BCUT2D eigenvalue weighted by Crippen LogP contribution is -2.08. The molecule has 1 aromatic carbocycles. The number of benzene rings is 1. The Morgan fingerprint density at radius 2 is 2.19 bits per heavy atom. The summed E-state index contributed by atoms with van der Waals surface area (Å²) in [5, 5.41) is 3.31. The fourth-order valence-corrected chi connectivity index (χ4v) is 1.84. The summed E-state index contributed by atoms with van der Waals surface area (Å²) in [6.45, 7) is 2.09. The third-order valence-electron chi connectivity index (χ3n) is 2.76. The Kier molecular flexibility index (Phi) is 5.36. The summed E-state index contributed by atoms with van der Waals surface area (Å²) in [4.78, 5) is 0. The first-order valence-electron chi connectivity index (χ1n) is 5.40. The molecule has 0 saturated heterocycles. The number of methoxy groups -OCH3 is 1. The van der Waals surface area contributed by atoms with Crippen molar-refractivity contribution in [2.24, 2.45) is 0 Å². The highest BCUT2D eigenvalue weighted by Gasteiger charge is 2.04. The van der Waals surface area contributed by atoms with E-state index >= 15 is 0 Å². The summed E-state index contributed by atoms with van der Waals surface area (Å²) in [6.07, 6.45) is 4.55. The minimum Gasteiger partial charge on any atom is -0.497 e. The zero-order chi connectivity index (χ0) is 10.5. The molecule has 0 unspecified atom stereocenters. The molecular formula is C13H18ClNO. The van der Waals surface area contributed by atoms with Crippen LogP contribution in [0, 0.1) is 0 Å². The smallest absolute Gasteiger partial charge is 0.119 e. The van der Waals surface area contributed by atoms with Crippen LogP contribution in [0.5, 0.6) is 5.75 Å². The van der Waals surface area contributed by atoms with Crippen LogP contribution in [-0.2, 0) is 6.42 Å². The van der Waals surface area contributed by atoms with E-state index in [-0.39, 0.29) is 12.4 Å². The van der Waals surface area contributed by atoms with E-state index in [0.29, 0.717) is 0 Å². The quantitative estimate of drug-likeness (QED) is 0.816. The monoisotopic (exact) mass is 239 g/mol. The Balaban J connectivity index is 0.00000128. The Labute approximate surface area is 103 Å². The molecule has 0 atom stereocenters. The molecule has 0 bridgehead atoms. The molecule has 0 saturated carbocycles. The van der Waals surface area contributed by atoms with Gasteiger partial charge in [0.25, 0.3) is 0 Å². The van der Waals surface area contributed by atoms with Crippen molar-refractivity contribution < 1.29 is 4.74 Å². The molecule has 0 aliphatic carbocycles. The van der Waals surface area contributed by atoms with Gasteiger partial charge < -0.3 is 10.1 Å². The lowest BCUT2D eigenvalue weighted by Gasteiger charge is -2.05. The third kappa shape index (κ3) is 3.54. The summed E-state index contributed by atoms with van der Waals surface area (Å²) < 4.78 is 5.20. The van der Waals surface area contributed by atoms with Crippen LogP contribution in [0.25, 0.3) is 0 Å². The average molecular weight is 240 g/mol. The molecule has 2 nitrogen and oxygen atoms in total. The Morgan fingerprint density at radius 1 is 1.31 bits per heavy atom. The van der Waals surface area contributed by atoms with Gasteiger partial charge in [-0.05, 0) is 30.5 Å². The summed E-state index contributed by atoms with van der Waals surface area (Å²) in [6, 6.07) is 8.31. The largest absolute Gasteiger partial charge is 0.497 e. The first kappa shape index (κ1) is 13.1. The summed E-state index contributed by atoms with van der Waals surface area (Å²) in [5.41, 5.74) is 2.87. The number of aryl methyl sites for hydroxylation is 1. The highest BCUT2D eigenvalue weighted by Crippen LogP contribution is 2.16. The summed E-state index contributed by atoms with van der Waals surface area (Å²) >= 11 is 0. The third-order valence-corrected chi connectivity index (χ3v) is 2.76. The number of ether oxygens (including phenoxy) is 1. The van der Waals surface area contributed by atoms with Crippen molar-refractivity contribution in [2.45, 2.75) is 12.8 Å². The topological polar surface area (TPSA) is 21.3 Å². The van der Waals surface area contributed by atoms with E-state index in [1.807, 2.05) is 6.07 Å². The van der Waals surface area contributed by atoms with Gasteiger partial charge in [0, 0.05) is 13.1 Å². The molecule has 0 aromatic heterocycles. The zero-order valence-corrected chi connectivity index (χ0v) is 10.3. The van der Waals surface area contributed by atoms with Crippen LogP contribution in [-0.4, -0.2) is 20.2 Å². The normalized spacial score (nSPS) is 14.2.